The molecular formula is C13H16BrN3O. The van der Waals surface area contributed by atoms with Gasteiger partial charge in [-0.1, -0.05) is 28.9 Å². The highest BCUT2D eigenvalue weighted by atomic mass is 79.9. The summed E-state index contributed by atoms with van der Waals surface area (Å²) >= 11 is 3.49. The molecule has 0 aromatic carbocycles. The maximum atomic E-state index is 12.1. The number of carbonyl (C=O) groups is 1. The molecule has 2 rings (SSSR count). The summed E-state index contributed by atoms with van der Waals surface area (Å²) in [4.78, 5) is 12.5. The highest BCUT2D eigenvalue weighted by molar-refractivity contribution is 9.09. The first-order valence-corrected chi connectivity index (χ1v) is 6.87. The largest absolute Gasteiger partial charge is 0.349 e. The fourth-order valence-corrected chi connectivity index (χ4v) is 2.52. The molecule has 96 valence electrons. The third-order valence-corrected chi connectivity index (χ3v) is 3.10. The van der Waals surface area contributed by atoms with E-state index < -0.39 is 0 Å². The van der Waals surface area contributed by atoms with E-state index in [0.29, 0.717) is 10.4 Å². The van der Waals surface area contributed by atoms with Crippen LogP contribution in [-0.2, 0) is 0 Å². The van der Waals surface area contributed by atoms with Crippen LogP contribution in [0.3, 0.4) is 0 Å². The SMILES string of the molecule is CC(Br)CC(C)NC(=O)c1cnn2ccccc12. The molecule has 1 amide bonds. The highest BCUT2D eigenvalue weighted by Gasteiger charge is 2.15. The van der Waals surface area contributed by atoms with Crippen LogP contribution in [-0.4, -0.2) is 26.4 Å². The van der Waals surface area contributed by atoms with E-state index in [1.165, 1.54) is 0 Å². The first-order valence-electron chi connectivity index (χ1n) is 5.95. The van der Waals surface area contributed by atoms with Crippen molar-refractivity contribution in [3.05, 3.63) is 36.2 Å². The first kappa shape index (κ1) is 13.1. The summed E-state index contributed by atoms with van der Waals surface area (Å²) in [5.74, 6) is -0.0724. The van der Waals surface area contributed by atoms with Crippen molar-refractivity contribution in [2.45, 2.75) is 31.1 Å². The number of nitrogens with one attached hydrogen (secondary N) is 1. The van der Waals surface area contributed by atoms with E-state index in [9.17, 15) is 4.79 Å². The van der Waals surface area contributed by atoms with E-state index in [-0.39, 0.29) is 11.9 Å². The molecule has 0 aliphatic rings. The maximum absolute atomic E-state index is 12.1. The third kappa shape index (κ3) is 2.90. The molecule has 0 bridgehead atoms. The number of hydrogen-bond donors (Lipinski definition) is 1. The van der Waals surface area contributed by atoms with E-state index in [0.717, 1.165) is 11.9 Å². The lowest BCUT2D eigenvalue weighted by Gasteiger charge is -2.14. The highest BCUT2D eigenvalue weighted by Crippen LogP contribution is 2.11. The first-order chi connectivity index (χ1) is 8.58. The summed E-state index contributed by atoms with van der Waals surface area (Å²) in [6.07, 6.45) is 4.33. The van der Waals surface area contributed by atoms with Crippen LogP contribution in [0.15, 0.2) is 30.6 Å². The number of rotatable bonds is 4. The van der Waals surface area contributed by atoms with E-state index in [4.69, 9.17) is 0 Å². The summed E-state index contributed by atoms with van der Waals surface area (Å²) in [6.45, 7) is 4.07. The van der Waals surface area contributed by atoms with E-state index in [1.807, 2.05) is 31.3 Å². The van der Waals surface area contributed by atoms with Crippen LogP contribution in [0.4, 0.5) is 0 Å². The standard InChI is InChI=1S/C13H16BrN3O/c1-9(14)7-10(2)16-13(18)11-8-15-17-6-4-3-5-12(11)17/h3-6,8-10H,7H2,1-2H3,(H,16,18). The minimum atomic E-state index is -0.0724. The van der Waals surface area contributed by atoms with Crippen LogP contribution in [0.1, 0.15) is 30.6 Å². The van der Waals surface area contributed by atoms with Crippen LogP contribution >= 0.6 is 15.9 Å². The van der Waals surface area contributed by atoms with Gasteiger partial charge in [0.1, 0.15) is 0 Å². The van der Waals surface area contributed by atoms with E-state index in [2.05, 4.69) is 33.3 Å². The monoisotopic (exact) mass is 309 g/mol. The molecule has 0 radical (unpaired) electrons. The number of alkyl halides is 1. The van der Waals surface area contributed by atoms with Gasteiger partial charge in [-0.3, -0.25) is 4.79 Å². The Bertz CT molecular complexity index is 550. The number of halogens is 1. The van der Waals surface area contributed by atoms with Crippen molar-refractivity contribution in [3.63, 3.8) is 0 Å². The second-order valence-electron chi connectivity index (χ2n) is 4.48. The summed E-state index contributed by atoms with van der Waals surface area (Å²) < 4.78 is 1.70. The molecule has 2 atom stereocenters. The molecule has 4 nitrogen and oxygen atoms in total. The van der Waals surface area contributed by atoms with Gasteiger partial charge in [0, 0.05) is 17.1 Å². The zero-order valence-electron chi connectivity index (χ0n) is 10.4. The molecule has 2 aromatic heterocycles. The van der Waals surface area contributed by atoms with Crippen molar-refractivity contribution in [1.29, 1.82) is 0 Å². The molecule has 0 aliphatic carbocycles. The van der Waals surface area contributed by atoms with Crippen molar-refractivity contribution >= 4 is 27.4 Å². The number of pyridine rings is 1. The van der Waals surface area contributed by atoms with Gasteiger partial charge in [0.25, 0.3) is 5.91 Å². The molecule has 1 N–H and O–H groups in total. The Morgan fingerprint density at radius 3 is 3.00 bits per heavy atom. The second-order valence-corrected chi connectivity index (χ2v) is 6.04. The van der Waals surface area contributed by atoms with Gasteiger partial charge in [-0.2, -0.15) is 5.10 Å². The van der Waals surface area contributed by atoms with Crippen molar-refractivity contribution in [2.24, 2.45) is 0 Å². The van der Waals surface area contributed by atoms with Gasteiger partial charge in [0.2, 0.25) is 0 Å². The number of fused-ring (bicyclic) bond motifs is 1. The average Bonchev–Trinajstić information content (AvgIpc) is 2.71. The molecule has 0 saturated carbocycles. The summed E-state index contributed by atoms with van der Waals surface area (Å²) in [5.41, 5.74) is 1.44. The molecule has 2 unspecified atom stereocenters. The zero-order valence-corrected chi connectivity index (χ0v) is 12.0. The molecular weight excluding hydrogens is 294 g/mol. The van der Waals surface area contributed by atoms with Gasteiger partial charge in [-0.15, -0.1) is 0 Å². The second kappa shape index (κ2) is 5.52. The van der Waals surface area contributed by atoms with E-state index in [1.54, 1.807) is 10.7 Å². The molecule has 2 heterocycles. The van der Waals surface area contributed by atoms with Crippen molar-refractivity contribution in [3.8, 4) is 0 Å². The number of carbonyl (C=O) groups excluding carboxylic acids is 1. The Hall–Kier alpha value is -1.36. The van der Waals surface area contributed by atoms with Crippen LogP contribution in [0.5, 0.6) is 0 Å². The topological polar surface area (TPSA) is 46.4 Å². The van der Waals surface area contributed by atoms with Crippen LogP contribution in [0.2, 0.25) is 0 Å². The Morgan fingerprint density at radius 2 is 2.28 bits per heavy atom. The molecule has 0 spiro atoms. The van der Waals surface area contributed by atoms with E-state index >= 15 is 0 Å². The average molecular weight is 310 g/mol. The molecule has 0 saturated heterocycles. The third-order valence-electron chi connectivity index (χ3n) is 2.73. The summed E-state index contributed by atoms with van der Waals surface area (Å²) in [5, 5.41) is 7.14. The van der Waals surface area contributed by atoms with Crippen molar-refractivity contribution in [2.75, 3.05) is 0 Å². The van der Waals surface area contributed by atoms with Gasteiger partial charge >= 0.3 is 0 Å². The number of nitrogens with zero attached hydrogens (tertiary/aromatic N) is 2. The lowest BCUT2D eigenvalue weighted by atomic mass is 10.1. The molecule has 5 heteroatoms. The fraction of sp³-hybridized carbons (Fsp3) is 0.385. The molecule has 18 heavy (non-hydrogen) atoms. The van der Waals surface area contributed by atoms with Crippen LogP contribution in [0.25, 0.3) is 5.52 Å². The molecule has 0 fully saturated rings. The lowest BCUT2D eigenvalue weighted by Crippen LogP contribution is -2.33. The van der Waals surface area contributed by atoms with Gasteiger partial charge < -0.3 is 5.32 Å². The Labute approximate surface area is 115 Å². The maximum Gasteiger partial charge on any atom is 0.255 e. The number of hydrogen-bond acceptors (Lipinski definition) is 2. The number of aromatic nitrogens is 2. The number of amides is 1. The zero-order chi connectivity index (χ0) is 13.1. The summed E-state index contributed by atoms with van der Waals surface area (Å²) in [7, 11) is 0. The van der Waals surface area contributed by atoms with Gasteiger partial charge in [0.15, 0.2) is 0 Å². The van der Waals surface area contributed by atoms with Gasteiger partial charge in [-0.05, 0) is 25.5 Å². The minimum Gasteiger partial charge on any atom is -0.349 e. The smallest absolute Gasteiger partial charge is 0.255 e. The quantitative estimate of drug-likeness (QED) is 0.883. The predicted molar refractivity (Wildman–Crippen MR) is 75.1 cm³/mol. The van der Waals surface area contributed by atoms with Crippen molar-refractivity contribution < 1.29 is 4.79 Å². The van der Waals surface area contributed by atoms with Gasteiger partial charge in [-0.25, -0.2) is 4.52 Å². The van der Waals surface area contributed by atoms with Crippen LogP contribution in [0, 0.1) is 0 Å². The fourth-order valence-electron chi connectivity index (χ4n) is 1.96. The predicted octanol–water partition coefficient (Wildman–Crippen LogP) is 2.63. The summed E-state index contributed by atoms with van der Waals surface area (Å²) in [6, 6.07) is 5.81. The Morgan fingerprint density at radius 1 is 1.50 bits per heavy atom. The van der Waals surface area contributed by atoms with Crippen LogP contribution < -0.4 is 5.32 Å². The Balaban J connectivity index is 2.14. The van der Waals surface area contributed by atoms with Gasteiger partial charge in [0.05, 0.1) is 17.3 Å². The van der Waals surface area contributed by atoms with Crippen molar-refractivity contribution in [1.82, 2.24) is 14.9 Å². The normalized spacial score (nSPS) is 14.4. The molecule has 2 aromatic rings. The lowest BCUT2D eigenvalue weighted by molar-refractivity contribution is 0.0940. The molecule has 0 aliphatic heterocycles. The Kier molecular flexibility index (Phi) is 4.01. The minimum absolute atomic E-state index is 0.0724.